The summed E-state index contributed by atoms with van der Waals surface area (Å²) in [5.74, 6) is -4.22. The first-order valence-corrected chi connectivity index (χ1v) is 11.6. The number of hydrogen-bond acceptors (Lipinski definition) is 4. The van der Waals surface area contributed by atoms with Crippen molar-refractivity contribution >= 4 is 16.9 Å². The molecule has 10 heteroatoms. The highest BCUT2D eigenvalue weighted by Gasteiger charge is 2.41. The minimum absolute atomic E-state index is 0.188. The van der Waals surface area contributed by atoms with E-state index >= 15 is 0 Å². The molecule has 0 N–H and O–H groups in total. The largest absolute Gasteiger partial charge is 0.335 e. The van der Waals surface area contributed by atoms with E-state index in [2.05, 4.69) is 15.1 Å². The van der Waals surface area contributed by atoms with Crippen LogP contribution in [0.4, 0.5) is 13.2 Å². The molecule has 0 aliphatic carbocycles. The van der Waals surface area contributed by atoms with Crippen LogP contribution in [0.25, 0.3) is 22.3 Å². The van der Waals surface area contributed by atoms with Crippen molar-refractivity contribution in [2.45, 2.75) is 45.2 Å². The summed E-state index contributed by atoms with van der Waals surface area (Å²) >= 11 is 0. The van der Waals surface area contributed by atoms with Crippen LogP contribution in [-0.4, -0.2) is 41.2 Å². The predicted octanol–water partition coefficient (Wildman–Crippen LogP) is 4.71. The van der Waals surface area contributed by atoms with Gasteiger partial charge in [-0.05, 0) is 37.5 Å². The average Bonchev–Trinajstić information content (AvgIpc) is 3.39. The van der Waals surface area contributed by atoms with Crippen molar-refractivity contribution in [3.8, 4) is 11.3 Å². The number of hydrogen-bond donors (Lipinski definition) is 0. The van der Waals surface area contributed by atoms with Crippen LogP contribution in [0.3, 0.4) is 0 Å². The lowest BCUT2D eigenvalue weighted by molar-refractivity contribution is 0.0509. The van der Waals surface area contributed by atoms with E-state index in [0.717, 1.165) is 17.7 Å². The Morgan fingerprint density at radius 2 is 1.80 bits per heavy atom. The molecule has 2 atom stereocenters. The van der Waals surface area contributed by atoms with Gasteiger partial charge in [0.25, 0.3) is 5.91 Å². The van der Waals surface area contributed by atoms with Gasteiger partial charge in [-0.3, -0.25) is 9.48 Å². The van der Waals surface area contributed by atoms with Crippen LogP contribution >= 0.6 is 0 Å². The third kappa shape index (κ3) is 3.50. The van der Waals surface area contributed by atoms with Crippen molar-refractivity contribution < 1.29 is 18.0 Å². The average molecular weight is 483 g/mol. The first-order chi connectivity index (χ1) is 16.8. The number of rotatable bonds is 4. The maximum atomic E-state index is 14.1. The lowest BCUT2D eigenvalue weighted by Gasteiger charge is -2.41. The molecule has 0 spiro atoms. The molecule has 4 heterocycles. The molecule has 4 aromatic rings. The van der Waals surface area contributed by atoms with E-state index in [-0.39, 0.29) is 23.6 Å². The molecule has 1 aromatic carbocycles. The number of amides is 1. The summed E-state index contributed by atoms with van der Waals surface area (Å²) in [6.45, 7) is 3.96. The highest BCUT2D eigenvalue weighted by Crippen LogP contribution is 2.41. The van der Waals surface area contributed by atoms with E-state index in [0.29, 0.717) is 47.4 Å². The van der Waals surface area contributed by atoms with Crippen molar-refractivity contribution in [2.75, 3.05) is 0 Å². The normalized spacial score (nSPS) is 17.7. The smallest absolute Gasteiger partial charge is 0.274 e. The van der Waals surface area contributed by atoms with Crippen LogP contribution in [0.5, 0.6) is 0 Å². The standard InChI is InChI=1S/C25H25F3N6O/c1-5-14-11-16-21(31-33(4)23(16)13-9-17(26)20(28)18(27)10-13)19(6-2)34(14)25(35)22-15-7-8-32(3)24(15)30-12-29-22/h7-10,12,14,19H,5-6,11H2,1-4H3/t14-,19+/m0/s1. The molecule has 1 amide bonds. The van der Waals surface area contributed by atoms with E-state index in [1.54, 1.807) is 11.7 Å². The molecule has 3 aromatic heterocycles. The molecule has 0 radical (unpaired) electrons. The fourth-order valence-electron chi connectivity index (χ4n) is 5.24. The van der Waals surface area contributed by atoms with E-state index in [4.69, 9.17) is 0 Å². The van der Waals surface area contributed by atoms with Gasteiger partial charge in [0.15, 0.2) is 17.5 Å². The Morgan fingerprint density at radius 1 is 1.09 bits per heavy atom. The molecule has 0 fully saturated rings. The second-order valence-electron chi connectivity index (χ2n) is 8.88. The fourth-order valence-corrected chi connectivity index (χ4v) is 5.24. The van der Waals surface area contributed by atoms with E-state index in [9.17, 15) is 18.0 Å². The molecule has 0 saturated carbocycles. The van der Waals surface area contributed by atoms with Crippen LogP contribution in [-0.2, 0) is 20.5 Å². The maximum absolute atomic E-state index is 14.1. The number of carbonyl (C=O) groups excluding carboxylic acids is 1. The summed E-state index contributed by atoms with van der Waals surface area (Å²) in [6, 6.07) is 3.26. The predicted molar refractivity (Wildman–Crippen MR) is 124 cm³/mol. The highest BCUT2D eigenvalue weighted by molar-refractivity contribution is 6.04. The molecular weight excluding hydrogens is 457 g/mol. The molecule has 1 aliphatic heterocycles. The van der Waals surface area contributed by atoms with Crippen LogP contribution in [0.1, 0.15) is 54.5 Å². The number of fused-ring (bicyclic) bond motifs is 2. The summed E-state index contributed by atoms with van der Waals surface area (Å²) in [5, 5.41) is 5.35. The van der Waals surface area contributed by atoms with Crippen LogP contribution in [0.2, 0.25) is 0 Å². The Balaban J connectivity index is 1.64. The third-order valence-electron chi connectivity index (χ3n) is 6.87. The molecule has 35 heavy (non-hydrogen) atoms. The molecule has 182 valence electrons. The van der Waals surface area contributed by atoms with Gasteiger partial charge in [-0.2, -0.15) is 5.10 Å². The van der Waals surface area contributed by atoms with Crippen molar-refractivity contribution in [3.05, 3.63) is 65.1 Å². The topological polar surface area (TPSA) is 68.8 Å². The van der Waals surface area contributed by atoms with Crippen molar-refractivity contribution in [3.63, 3.8) is 0 Å². The van der Waals surface area contributed by atoms with Crippen LogP contribution < -0.4 is 0 Å². The number of aryl methyl sites for hydroxylation is 2. The molecule has 5 rings (SSSR count). The van der Waals surface area contributed by atoms with Gasteiger partial charge in [0.1, 0.15) is 17.7 Å². The van der Waals surface area contributed by atoms with Crippen molar-refractivity contribution in [2.24, 2.45) is 14.1 Å². The van der Waals surface area contributed by atoms with E-state index in [1.165, 1.54) is 6.33 Å². The lowest BCUT2D eigenvalue weighted by atomic mass is 9.87. The Bertz CT molecular complexity index is 1440. The Kier molecular flexibility index (Phi) is 5.61. The van der Waals surface area contributed by atoms with Gasteiger partial charge in [0, 0.05) is 37.5 Å². The van der Waals surface area contributed by atoms with Gasteiger partial charge in [0.2, 0.25) is 0 Å². The number of nitrogens with zero attached hydrogens (tertiary/aromatic N) is 6. The number of aromatic nitrogens is 5. The van der Waals surface area contributed by atoms with Crippen LogP contribution in [0.15, 0.2) is 30.7 Å². The summed E-state index contributed by atoms with van der Waals surface area (Å²) in [4.78, 5) is 24.4. The highest BCUT2D eigenvalue weighted by atomic mass is 19.2. The van der Waals surface area contributed by atoms with Gasteiger partial charge < -0.3 is 9.47 Å². The maximum Gasteiger partial charge on any atom is 0.274 e. The van der Waals surface area contributed by atoms with Crippen LogP contribution in [0, 0.1) is 17.5 Å². The Morgan fingerprint density at radius 3 is 2.46 bits per heavy atom. The monoisotopic (exact) mass is 482 g/mol. The minimum Gasteiger partial charge on any atom is -0.335 e. The SMILES string of the molecule is CC[C@H]1Cc2c(nn(C)c2-c2cc(F)c(F)c(F)c2)[C@@H](CC)N1C(=O)c1ncnc2c1ccn2C. The molecular formula is C25H25F3N6O. The molecule has 0 unspecified atom stereocenters. The van der Waals surface area contributed by atoms with Crippen molar-refractivity contribution in [1.82, 2.24) is 29.2 Å². The number of halogens is 3. The molecule has 7 nitrogen and oxygen atoms in total. The van der Waals surface area contributed by atoms with Gasteiger partial charge >= 0.3 is 0 Å². The second-order valence-corrected chi connectivity index (χ2v) is 8.88. The zero-order chi connectivity index (χ0) is 25.0. The summed E-state index contributed by atoms with van der Waals surface area (Å²) < 4.78 is 45.1. The number of carbonyl (C=O) groups is 1. The molecule has 1 aliphatic rings. The first kappa shape index (κ1) is 23.1. The van der Waals surface area contributed by atoms with E-state index < -0.39 is 17.5 Å². The van der Waals surface area contributed by atoms with Crippen molar-refractivity contribution in [1.29, 1.82) is 0 Å². The summed E-state index contributed by atoms with van der Waals surface area (Å²) in [5.41, 5.74) is 3.22. The zero-order valence-electron chi connectivity index (χ0n) is 19.9. The van der Waals surface area contributed by atoms with Gasteiger partial charge in [-0.15, -0.1) is 0 Å². The van der Waals surface area contributed by atoms with Gasteiger partial charge in [-0.1, -0.05) is 13.8 Å². The number of benzene rings is 1. The summed E-state index contributed by atoms with van der Waals surface area (Å²) in [6.07, 6.45) is 4.92. The van der Waals surface area contributed by atoms with E-state index in [1.807, 2.05) is 42.6 Å². The second kappa shape index (κ2) is 8.51. The Labute approximate surface area is 200 Å². The van der Waals surface area contributed by atoms with Gasteiger partial charge in [0.05, 0.1) is 22.8 Å². The van der Waals surface area contributed by atoms with Gasteiger partial charge in [-0.25, -0.2) is 23.1 Å². The first-order valence-electron chi connectivity index (χ1n) is 11.6. The lowest BCUT2D eigenvalue weighted by Crippen LogP contribution is -2.47. The molecule has 0 saturated heterocycles. The fraction of sp³-hybridized carbons (Fsp3) is 0.360. The zero-order valence-corrected chi connectivity index (χ0v) is 19.9. The minimum atomic E-state index is -1.50. The quantitative estimate of drug-likeness (QED) is 0.395. The summed E-state index contributed by atoms with van der Waals surface area (Å²) in [7, 11) is 3.54. The molecule has 0 bridgehead atoms. The Hall–Kier alpha value is -3.69. The third-order valence-corrected chi connectivity index (χ3v) is 6.87.